The molecule has 2 aromatic rings. The molecule has 2 N–H and O–H groups in total. The van der Waals surface area contributed by atoms with Gasteiger partial charge in [0.15, 0.2) is 0 Å². The van der Waals surface area contributed by atoms with E-state index in [-0.39, 0.29) is 11.4 Å². The third kappa shape index (κ3) is 2.15. The SMILES string of the molecule is NC1=NC2(CO1)c1cc(Cc3ncccc3Cl)ccc1OCC21COC1. The summed E-state index contributed by atoms with van der Waals surface area (Å²) >= 11 is 6.27. The van der Waals surface area contributed by atoms with Crippen molar-refractivity contribution in [1.29, 1.82) is 0 Å². The lowest BCUT2D eigenvalue weighted by Crippen LogP contribution is -2.63. The van der Waals surface area contributed by atoms with E-state index in [1.54, 1.807) is 6.20 Å². The zero-order valence-corrected chi connectivity index (χ0v) is 14.8. The van der Waals surface area contributed by atoms with Crippen LogP contribution < -0.4 is 10.5 Å². The maximum atomic E-state index is 6.27. The molecule has 26 heavy (non-hydrogen) atoms. The maximum absolute atomic E-state index is 6.27. The molecule has 134 valence electrons. The standard InChI is InChI=1S/C19H18ClN3O3/c20-14-2-1-5-22-15(14)7-12-3-4-16-13(6-12)19(11-26-17(21)23-19)18(10-25-16)8-24-9-18/h1-6H,7-11H2,(H2,21,23). The molecule has 6 nitrogen and oxygen atoms in total. The van der Waals surface area contributed by atoms with Crippen molar-refractivity contribution in [1.82, 2.24) is 4.98 Å². The van der Waals surface area contributed by atoms with Gasteiger partial charge < -0.3 is 19.9 Å². The van der Waals surface area contributed by atoms with Crippen LogP contribution in [0.3, 0.4) is 0 Å². The topological polar surface area (TPSA) is 79.0 Å². The predicted octanol–water partition coefficient (Wildman–Crippen LogP) is 2.28. The van der Waals surface area contributed by atoms with E-state index < -0.39 is 5.54 Å². The van der Waals surface area contributed by atoms with Gasteiger partial charge in [0.05, 0.1) is 29.3 Å². The highest BCUT2D eigenvalue weighted by Gasteiger charge is 2.63. The van der Waals surface area contributed by atoms with Gasteiger partial charge in [-0.05, 0) is 29.8 Å². The number of pyridine rings is 1. The summed E-state index contributed by atoms with van der Waals surface area (Å²) < 4.78 is 17.2. The number of rotatable bonds is 2. The summed E-state index contributed by atoms with van der Waals surface area (Å²) in [6, 6.07) is 10.0. The first-order valence-electron chi connectivity index (χ1n) is 8.53. The van der Waals surface area contributed by atoms with Crippen LogP contribution in [0.2, 0.25) is 5.02 Å². The van der Waals surface area contributed by atoms with Crippen LogP contribution in [0.5, 0.6) is 5.75 Å². The van der Waals surface area contributed by atoms with Crippen LogP contribution in [0.4, 0.5) is 0 Å². The summed E-state index contributed by atoms with van der Waals surface area (Å²) in [6.45, 7) is 2.13. The summed E-state index contributed by atoms with van der Waals surface area (Å²) in [4.78, 5) is 9.12. The van der Waals surface area contributed by atoms with E-state index in [0.717, 1.165) is 22.6 Å². The molecule has 1 fully saturated rings. The molecule has 1 saturated heterocycles. The lowest BCUT2D eigenvalue weighted by atomic mass is 9.64. The van der Waals surface area contributed by atoms with Crippen molar-refractivity contribution in [3.63, 3.8) is 0 Å². The number of aromatic nitrogens is 1. The average molecular weight is 372 g/mol. The Balaban J connectivity index is 1.59. The second-order valence-electron chi connectivity index (χ2n) is 7.10. The first-order chi connectivity index (χ1) is 12.6. The average Bonchev–Trinajstić information content (AvgIpc) is 2.99. The predicted molar refractivity (Wildman–Crippen MR) is 96.5 cm³/mol. The maximum Gasteiger partial charge on any atom is 0.283 e. The van der Waals surface area contributed by atoms with Gasteiger partial charge >= 0.3 is 0 Å². The van der Waals surface area contributed by atoms with Gasteiger partial charge in [-0.1, -0.05) is 17.7 Å². The number of hydrogen-bond acceptors (Lipinski definition) is 6. The van der Waals surface area contributed by atoms with Crippen LogP contribution in [0.15, 0.2) is 41.5 Å². The summed E-state index contributed by atoms with van der Waals surface area (Å²) in [6.07, 6.45) is 2.38. The van der Waals surface area contributed by atoms with Gasteiger partial charge in [-0.15, -0.1) is 0 Å². The molecule has 0 aliphatic carbocycles. The van der Waals surface area contributed by atoms with Crippen LogP contribution in [0, 0.1) is 5.41 Å². The van der Waals surface area contributed by atoms with E-state index in [0.29, 0.717) is 37.9 Å². The number of benzene rings is 1. The molecule has 0 radical (unpaired) electrons. The van der Waals surface area contributed by atoms with Gasteiger partial charge in [-0.25, -0.2) is 4.99 Å². The number of aliphatic imine (C=N–C) groups is 1. The monoisotopic (exact) mass is 371 g/mol. The molecule has 4 heterocycles. The molecule has 7 heteroatoms. The highest BCUT2D eigenvalue weighted by molar-refractivity contribution is 6.31. The van der Waals surface area contributed by atoms with E-state index in [9.17, 15) is 0 Å². The molecule has 5 rings (SSSR count). The minimum atomic E-state index is -0.563. The fourth-order valence-corrected chi connectivity index (χ4v) is 4.20. The number of halogens is 1. The van der Waals surface area contributed by atoms with E-state index >= 15 is 0 Å². The largest absolute Gasteiger partial charge is 0.492 e. The van der Waals surface area contributed by atoms with Gasteiger partial charge in [0.1, 0.15) is 24.5 Å². The van der Waals surface area contributed by atoms with E-state index in [2.05, 4.69) is 11.1 Å². The second kappa shape index (κ2) is 5.59. The van der Waals surface area contributed by atoms with Gasteiger partial charge in [0, 0.05) is 18.2 Å². The third-order valence-corrected chi connectivity index (χ3v) is 5.91. The van der Waals surface area contributed by atoms with Crippen molar-refractivity contribution in [3.05, 3.63) is 58.4 Å². The van der Waals surface area contributed by atoms with Crippen LogP contribution in [-0.4, -0.2) is 37.4 Å². The van der Waals surface area contributed by atoms with Crippen molar-refractivity contribution >= 4 is 17.6 Å². The minimum absolute atomic E-state index is 0.224. The Morgan fingerprint density at radius 2 is 2.00 bits per heavy atom. The number of amidine groups is 1. The molecule has 0 bridgehead atoms. The lowest BCUT2D eigenvalue weighted by molar-refractivity contribution is -0.185. The Morgan fingerprint density at radius 3 is 2.69 bits per heavy atom. The van der Waals surface area contributed by atoms with Crippen molar-refractivity contribution < 1.29 is 14.2 Å². The Kier molecular flexibility index (Phi) is 3.42. The minimum Gasteiger partial charge on any atom is -0.492 e. The fourth-order valence-electron chi connectivity index (χ4n) is 4.01. The Bertz CT molecular complexity index is 913. The quantitative estimate of drug-likeness (QED) is 0.876. The molecule has 3 aliphatic rings. The molecule has 0 saturated carbocycles. The summed E-state index contributed by atoms with van der Waals surface area (Å²) in [7, 11) is 0. The Labute approximate surface area is 155 Å². The zero-order chi connectivity index (χ0) is 17.8. The first-order valence-corrected chi connectivity index (χ1v) is 8.91. The molecule has 1 aromatic heterocycles. The van der Waals surface area contributed by atoms with Crippen molar-refractivity contribution in [2.75, 3.05) is 26.4 Å². The van der Waals surface area contributed by atoms with Crippen LogP contribution >= 0.6 is 11.6 Å². The highest BCUT2D eigenvalue weighted by Crippen LogP contribution is 2.55. The van der Waals surface area contributed by atoms with Crippen LogP contribution in [-0.2, 0) is 21.4 Å². The molecule has 2 spiro atoms. The van der Waals surface area contributed by atoms with Gasteiger partial charge in [-0.3, -0.25) is 4.98 Å². The normalized spacial score (nSPS) is 25.2. The van der Waals surface area contributed by atoms with E-state index in [1.807, 2.05) is 24.3 Å². The highest BCUT2D eigenvalue weighted by atomic mass is 35.5. The fraction of sp³-hybridized carbons (Fsp3) is 0.368. The smallest absolute Gasteiger partial charge is 0.283 e. The van der Waals surface area contributed by atoms with Crippen molar-refractivity contribution in [2.45, 2.75) is 12.0 Å². The number of nitrogens with two attached hydrogens (primary N) is 1. The number of nitrogens with zero attached hydrogens (tertiary/aromatic N) is 2. The van der Waals surface area contributed by atoms with E-state index in [4.69, 9.17) is 36.5 Å². The molecule has 1 aromatic carbocycles. The molecule has 0 amide bonds. The number of ether oxygens (including phenoxy) is 3. The summed E-state index contributed by atoms with van der Waals surface area (Å²) in [5.41, 5.74) is 8.03. The van der Waals surface area contributed by atoms with Gasteiger partial charge in [0.25, 0.3) is 6.02 Å². The first kappa shape index (κ1) is 15.9. The van der Waals surface area contributed by atoms with Crippen LogP contribution in [0.1, 0.15) is 16.8 Å². The Hall–Kier alpha value is -2.31. The van der Waals surface area contributed by atoms with Crippen LogP contribution in [0.25, 0.3) is 0 Å². The number of hydrogen-bond donors (Lipinski definition) is 1. The van der Waals surface area contributed by atoms with Gasteiger partial charge in [-0.2, -0.15) is 0 Å². The Morgan fingerprint density at radius 1 is 1.12 bits per heavy atom. The second-order valence-corrected chi connectivity index (χ2v) is 7.51. The van der Waals surface area contributed by atoms with Crippen molar-refractivity contribution in [3.8, 4) is 5.75 Å². The molecule has 1 atom stereocenters. The summed E-state index contributed by atoms with van der Waals surface area (Å²) in [5, 5.41) is 0.659. The molecular formula is C19H18ClN3O3. The van der Waals surface area contributed by atoms with Crippen molar-refractivity contribution in [2.24, 2.45) is 16.1 Å². The molecular weight excluding hydrogens is 354 g/mol. The molecule has 1 unspecified atom stereocenters. The lowest BCUT2D eigenvalue weighted by Gasteiger charge is -2.53. The zero-order valence-electron chi connectivity index (χ0n) is 14.1. The summed E-state index contributed by atoms with van der Waals surface area (Å²) in [5.74, 6) is 0.820. The van der Waals surface area contributed by atoms with E-state index in [1.165, 1.54) is 0 Å². The number of fused-ring (bicyclic) bond motifs is 3. The molecule has 3 aliphatic heterocycles. The third-order valence-electron chi connectivity index (χ3n) is 5.56. The van der Waals surface area contributed by atoms with Gasteiger partial charge in [0.2, 0.25) is 0 Å².